The van der Waals surface area contributed by atoms with Crippen molar-refractivity contribution in [2.75, 3.05) is 49.6 Å². The van der Waals surface area contributed by atoms with Crippen molar-refractivity contribution in [3.05, 3.63) is 53.7 Å². The van der Waals surface area contributed by atoms with E-state index in [1.807, 2.05) is 36.1 Å². The van der Waals surface area contributed by atoms with E-state index in [9.17, 15) is 23.5 Å². The third-order valence-corrected chi connectivity index (χ3v) is 6.81. The van der Waals surface area contributed by atoms with E-state index in [-0.39, 0.29) is 37.9 Å². The van der Waals surface area contributed by atoms with Crippen LogP contribution in [0.15, 0.2) is 42.6 Å². The van der Waals surface area contributed by atoms with Crippen LogP contribution in [-0.4, -0.2) is 83.6 Å². The summed E-state index contributed by atoms with van der Waals surface area (Å²) in [5.74, 6) is -2.22. The van der Waals surface area contributed by atoms with Gasteiger partial charge >= 0.3 is 6.09 Å². The monoisotopic (exact) mass is 487 g/mol. The molecule has 1 atom stereocenters. The van der Waals surface area contributed by atoms with E-state index in [0.717, 1.165) is 11.3 Å². The summed E-state index contributed by atoms with van der Waals surface area (Å²) in [6.45, 7) is 4.96. The molecule has 0 radical (unpaired) electrons. The van der Waals surface area contributed by atoms with Gasteiger partial charge in [0.2, 0.25) is 0 Å². The summed E-state index contributed by atoms with van der Waals surface area (Å²) in [5.41, 5.74) is 2.25. The third-order valence-electron chi connectivity index (χ3n) is 6.81. The predicted octanol–water partition coefficient (Wildman–Crippen LogP) is 3.78. The van der Waals surface area contributed by atoms with E-state index < -0.39 is 12.0 Å². The molecule has 2 amide bonds. The van der Waals surface area contributed by atoms with Gasteiger partial charge in [-0.15, -0.1) is 0 Å². The van der Waals surface area contributed by atoms with Gasteiger partial charge < -0.3 is 19.8 Å². The van der Waals surface area contributed by atoms with Gasteiger partial charge in [-0.1, -0.05) is 12.1 Å². The second-order valence-electron chi connectivity index (χ2n) is 9.34. The molecule has 2 aliphatic heterocycles. The molecule has 0 spiro atoms. The Hall–Kier alpha value is -3.27. The molecule has 8 nitrogen and oxygen atoms in total. The molecule has 1 N–H and O–H groups in total. The number of pyridine rings is 1. The van der Waals surface area contributed by atoms with E-state index in [2.05, 4.69) is 9.88 Å². The number of piperazine rings is 1. The summed E-state index contributed by atoms with van der Waals surface area (Å²) in [4.78, 5) is 35.6. The van der Waals surface area contributed by atoms with Crippen LogP contribution in [0, 0.1) is 0 Å². The SMILES string of the molecule is C[C@H]1CN(Cc2ccc(N(C)C(=O)c3ccc(N4CCC(F)(F)CC4)nc3)cc2)CCN1C(=O)O. The number of nitrogens with zero attached hydrogens (tertiary/aromatic N) is 5. The largest absolute Gasteiger partial charge is 0.465 e. The molecule has 2 aromatic rings. The van der Waals surface area contributed by atoms with Crippen LogP contribution in [0.2, 0.25) is 0 Å². The lowest BCUT2D eigenvalue weighted by Gasteiger charge is -2.38. The Kier molecular flexibility index (Phi) is 7.20. The van der Waals surface area contributed by atoms with E-state index >= 15 is 0 Å². The van der Waals surface area contributed by atoms with Crippen molar-refractivity contribution < 1.29 is 23.5 Å². The molecule has 2 saturated heterocycles. The van der Waals surface area contributed by atoms with Gasteiger partial charge in [0.25, 0.3) is 11.8 Å². The highest BCUT2D eigenvalue weighted by atomic mass is 19.3. The van der Waals surface area contributed by atoms with Crippen LogP contribution in [0.1, 0.15) is 35.7 Å². The number of amides is 2. The zero-order chi connectivity index (χ0) is 25.2. The molecule has 3 heterocycles. The number of carboxylic acid groups (broad SMARTS) is 1. The number of anilines is 2. The van der Waals surface area contributed by atoms with Gasteiger partial charge in [0.05, 0.1) is 5.56 Å². The lowest BCUT2D eigenvalue weighted by atomic mass is 10.1. The van der Waals surface area contributed by atoms with E-state index in [4.69, 9.17) is 0 Å². The highest BCUT2D eigenvalue weighted by Crippen LogP contribution is 2.30. The van der Waals surface area contributed by atoms with Gasteiger partial charge in [-0.3, -0.25) is 9.69 Å². The highest BCUT2D eigenvalue weighted by molar-refractivity contribution is 6.05. The molecule has 0 bridgehead atoms. The molecule has 0 saturated carbocycles. The first-order chi connectivity index (χ1) is 16.6. The number of alkyl halides is 2. The van der Waals surface area contributed by atoms with E-state index in [1.165, 1.54) is 11.1 Å². The smallest absolute Gasteiger partial charge is 0.407 e. The fourth-order valence-corrected chi connectivity index (χ4v) is 4.62. The Morgan fingerprint density at radius 3 is 2.34 bits per heavy atom. The number of piperidine rings is 1. The average molecular weight is 488 g/mol. The Balaban J connectivity index is 1.33. The quantitative estimate of drug-likeness (QED) is 0.692. The van der Waals surface area contributed by atoms with E-state index in [1.54, 1.807) is 24.1 Å². The van der Waals surface area contributed by atoms with Gasteiger partial charge in [-0.05, 0) is 36.8 Å². The molecular weight excluding hydrogens is 456 g/mol. The Morgan fingerprint density at radius 1 is 1.09 bits per heavy atom. The number of benzene rings is 1. The van der Waals surface area contributed by atoms with Crippen LogP contribution in [0.4, 0.5) is 25.1 Å². The molecule has 10 heteroatoms. The summed E-state index contributed by atoms with van der Waals surface area (Å²) in [7, 11) is 1.70. The highest BCUT2D eigenvalue weighted by Gasteiger charge is 2.34. The minimum Gasteiger partial charge on any atom is -0.465 e. The van der Waals surface area contributed by atoms with Gasteiger partial charge in [0, 0.05) is 77.1 Å². The Bertz CT molecular complexity index is 1040. The summed E-state index contributed by atoms with van der Waals surface area (Å²) in [6, 6.07) is 11.1. The van der Waals surface area contributed by atoms with Crippen molar-refractivity contribution in [1.82, 2.24) is 14.8 Å². The molecular formula is C25H31F2N5O3. The number of aromatic nitrogens is 1. The molecule has 1 aromatic carbocycles. The minimum absolute atomic E-state index is 0.0554. The van der Waals surface area contributed by atoms with Gasteiger partial charge in [-0.2, -0.15) is 0 Å². The molecule has 0 unspecified atom stereocenters. The number of hydrogen-bond donors (Lipinski definition) is 1. The number of carbonyl (C=O) groups excluding carboxylic acids is 1. The summed E-state index contributed by atoms with van der Waals surface area (Å²) in [6.07, 6.45) is 0.236. The van der Waals surface area contributed by atoms with Crippen LogP contribution in [-0.2, 0) is 6.54 Å². The fourth-order valence-electron chi connectivity index (χ4n) is 4.62. The number of carbonyl (C=O) groups is 2. The van der Waals surface area contributed by atoms with Crippen molar-refractivity contribution >= 4 is 23.5 Å². The maximum absolute atomic E-state index is 13.4. The summed E-state index contributed by atoms with van der Waals surface area (Å²) < 4.78 is 26.8. The van der Waals surface area contributed by atoms with Crippen LogP contribution in [0.3, 0.4) is 0 Å². The molecule has 2 aliphatic rings. The standard InChI is InChI=1S/C25H31F2N5O3/c1-18-16-30(13-14-32(18)24(34)35)17-19-3-6-21(7-4-19)29(2)23(33)20-5-8-22(28-15-20)31-11-9-25(26,27)10-12-31/h3-8,15,18H,9-14,16-17H2,1-2H3,(H,34,35)/t18-/m0/s1. The minimum atomic E-state index is -2.61. The van der Waals surface area contributed by atoms with Crippen LogP contribution < -0.4 is 9.80 Å². The molecule has 35 heavy (non-hydrogen) atoms. The number of halogens is 2. The third kappa shape index (κ3) is 5.87. The van der Waals surface area contributed by atoms with Gasteiger partial charge in [0.15, 0.2) is 0 Å². The average Bonchev–Trinajstić information content (AvgIpc) is 2.83. The zero-order valence-corrected chi connectivity index (χ0v) is 20.0. The first kappa shape index (κ1) is 24.8. The normalized spacial score (nSPS) is 20.5. The molecule has 0 aliphatic carbocycles. The molecule has 2 fully saturated rings. The first-order valence-electron chi connectivity index (χ1n) is 11.8. The van der Waals surface area contributed by atoms with Gasteiger partial charge in [0.1, 0.15) is 5.82 Å². The summed E-state index contributed by atoms with van der Waals surface area (Å²) >= 11 is 0. The molecule has 188 valence electrons. The van der Waals surface area contributed by atoms with Crippen molar-refractivity contribution in [2.45, 2.75) is 38.3 Å². The molecule has 4 rings (SSSR count). The van der Waals surface area contributed by atoms with Crippen molar-refractivity contribution in [2.24, 2.45) is 0 Å². The van der Waals surface area contributed by atoms with Crippen molar-refractivity contribution in [3.8, 4) is 0 Å². The maximum Gasteiger partial charge on any atom is 0.407 e. The van der Waals surface area contributed by atoms with Crippen LogP contribution in [0.5, 0.6) is 0 Å². The number of rotatable bonds is 5. The lowest BCUT2D eigenvalue weighted by molar-refractivity contribution is -0.0221. The second-order valence-corrected chi connectivity index (χ2v) is 9.34. The van der Waals surface area contributed by atoms with Crippen LogP contribution in [0.25, 0.3) is 0 Å². The first-order valence-corrected chi connectivity index (χ1v) is 11.8. The zero-order valence-electron chi connectivity index (χ0n) is 20.0. The van der Waals surface area contributed by atoms with Gasteiger partial charge in [-0.25, -0.2) is 18.6 Å². The maximum atomic E-state index is 13.4. The second kappa shape index (κ2) is 10.2. The van der Waals surface area contributed by atoms with E-state index in [0.29, 0.717) is 37.6 Å². The fraction of sp³-hybridized carbons (Fsp3) is 0.480. The lowest BCUT2D eigenvalue weighted by Crippen LogP contribution is -2.53. The topological polar surface area (TPSA) is 80.2 Å². The predicted molar refractivity (Wildman–Crippen MR) is 129 cm³/mol. The van der Waals surface area contributed by atoms with Crippen molar-refractivity contribution in [1.29, 1.82) is 0 Å². The Labute approximate surface area is 203 Å². The van der Waals surface area contributed by atoms with Crippen LogP contribution >= 0.6 is 0 Å². The number of hydrogen-bond acceptors (Lipinski definition) is 5. The Morgan fingerprint density at radius 2 is 1.77 bits per heavy atom. The molecule has 1 aromatic heterocycles. The van der Waals surface area contributed by atoms with Crippen molar-refractivity contribution in [3.63, 3.8) is 0 Å². The summed E-state index contributed by atoms with van der Waals surface area (Å²) in [5, 5.41) is 9.23.